The summed E-state index contributed by atoms with van der Waals surface area (Å²) in [5.41, 5.74) is -1.07. The van der Waals surface area contributed by atoms with Crippen molar-refractivity contribution in [1.29, 1.82) is 0 Å². The highest BCUT2D eigenvalue weighted by Gasteiger charge is 2.48. The first kappa shape index (κ1) is 14.3. The molecule has 108 valence electrons. The molecule has 0 aromatic rings. The summed E-state index contributed by atoms with van der Waals surface area (Å²) in [6.07, 6.45) is 5.41. The highest BCUT2D eigenvalue weighted by atomic mass is 16.4. The standard InChI is InChI=1S/C14H24N2O3/c1-14(13(18)19,11-5-6-11)16-12(17)7-4-10-3-2-8-15-9-10/h10-11,15H,2-9H2,1H3,(H,16,17)(H,18,19). The Morgan fingerprint density at radius 3 is 2.63 bits per heavy atom. The lowest BCUT2D eigenvalue weighted by Gasteiger charge is -2.27. The van der Waals surface area contributed by atoms with E-state index in [-0.39, 0.29) is 11.8 Å². The lowest BCUT2D eigenvalue weighted by molar-refractivity contribution is -0.148. The molecule has 0 spiro atoms. The zero-order valence-electron chi connectivity index (χ0n) is 11.6. The summed E-state index contributed by atoms with van der Waals surface area (Å²) in [7, 11) is 0. The second kappa shape index (κ2) is 5.90. The van der Waals surface area contributed by atoms with Crippen LogP contribution in [-0.4, -0.2) is 35.6 Å². The maximum absolute atomic E-state index is 11.9. The zero-order chi connectivity index (χ0) is 13.9. The molecule has 2 fully saturated rings. The number of piperidine rings is 1. The first-order valence-electron chi connectivity index (χ1n) is 7.27. The minimum absolute atomic E-state index is 0.102. The molecule has 1 aliphatic carbocycles. The van der Waals surface area contributed by atoms with Gasteiger partial charge in [-0.1, -0.05) is 0 Å². The van der Waals surface area contributed by atoms with Crippen LogP contribution in [0.5, 0.6) is 0 Å². The molecule has 2 atom stereocenters. The van der Waals surface area contributed by atoms with Gasteiger partial charge in [-0.05, 0) is 64.0 Å². The third kappa shape index (κ3) is 3.69. The Kier molecular flexibility index (Phi) is 4.45. The summed E-state index contributed by atoms with van der Waals surface area (Å²) in [6.45, 7) is 3.68. The fourth-order valence-corrected chi connectivity index (χ4v) is 2.85. The third-order valence-electron chi connectivity index (χ3n) is 4.42. The largest absolute Gasteiger partial charge is 0.480 e. The molecule has 5 nitrogen and oxygen atoms in total. The molecule has 1 heterocycles. The molecule has 1 saturated heterocycles. The van der Waals surface area contributed by atoms with E-state index in [4.69, 9.17) is 0 Å². The first-order valence-corrected chi connectivity index (χ1v) is 7.27. The van der Waals surface area contributed by atoms with E-state index in [9.17, 15) is 14.7 Å². The Hall–Kier alpha value is -1.10. The molecule has 1 aliphatic heterocycles. The Labute approximate surface area is 114 Å². The smallest absolute Gasteiger partial charge is 0.329 e. The Bertz CT molecular complexity index is 349. The van der Waals surface area contributed by atoms with E-state index in [0.717, 1.165) is 32.4 Å². The maximum atomic E-state index is 11.9. The van der Waals surface area contributed by atoms with Gasteiger partial charge < -0.3 is 15.7 Å². The molecule has 5 heteroatoms. The number of carboxylic acids is 1. The predicted octanol–water partition coefficient (Wildman–Crippen LogP) is 1.14. The number of amides is 1. The molecule has 3 N–H and O–H groups in total. The Morgan fingerprint density at radius 1 is 1.37 bits per heavy atom. The van der Waals surface area contributed by atoms with E-state index in [1.807, 2.05) is 0 Å². The molecular formula is C14H24N2O3. The van der Waals surface area contributed by atoms with Gasteiger partial charge in [-0.25, -0.2) is 4.79 Å². The van der Waals surface area contributed by atoms with Crippen molar-refractivity contribution >= 4 is 11.9 Å². The average molecular weight is 268 g/mol. The van der Waals surface area contributed by atoms with Gasteiger partial charge in [-0.3, -0.25) is 4.79 Å². The molecular weight excluding hydrogens is 244 g/mol. The van der Waals surface area contributed by atoms with Gasteiger partial charge in [0.25, 0.3) is 0 Å². The molecule has 0 aromatic carbocycles. The number of aliphatic carboxylic acids is 1. The predicted molar refractivity (Wildman–Crippen MR) is 71.7 cm³/mol. The topological polar surface area (TPSA) is 78.4 Å². The second-order valence-corrected chi connectivity index (χ2v) is 6.08. The Morgan fingerprint density at radius 2 is 2.11 bits per heavy atom. The minimum atomic E-state index is -1.07. The quantitative estimate of drug-likeness (QED) is 0.675. The first-order chi connectivity index (χ1) is 9.02. The van der Waals surface area contributed by atoms with Crippen LogP contribution in [0.3, 0.4) is 0 Å². The van der Waals surface area contributed by atoms with Gasteiger partial charge in [0.1, 0.15) is 5.54 Å². The summed E-state index contributed by atoms with van der Waals surface area (Å²) < 4.78 is 0. The van der Waals surface area contributed by atoms with Crippen molar-refractivity contribution in [3.63, 3.8) is 0 Å². The summed E-state index contributed by atoms with van der Waals surface area (Å²) >= 11 is 0. The van der Waals surface area contributed by atoms with Gasteiger partial charge in [0.15, 0.2) is 0 Å². The minimum Gasteiger partial charge on any atom is -0.480 e. The van der Waals surface area contributed by atoms with E-state index in [0.29, 0.717) is 12.3 Å². The van der Waals surface area contributed by atoms with Crippen molar-refractivity contribution in [2.24, 2.45) is 11.8 Å². The number of hydrogen-bond donors (Lipinski definition) is 3. The fourth-order valence-electron chi connectivity index (χ4n) is 2.85. The van der Waals surface area contributed by atoms with Gasteiger partial charge in [0, 0.05) is 6.42 Å². The van der Waals surface area contributed by atoms with Crippen molar-refractivity contribution in [3.8, 4) is 0 Å². The van der Waals surface area contributed by atoms with Crippen molar-refractivity contribution in [2.75, 3.05) is 13.1 Å². The zero-order valence-corrected chi connectivity index (χ0v) is 11.6. The molecule has 0 aromatic heterocycles. The average Bonchev–Trinajstić information content (AvgIpc) is 3.22. The number of hydrogen-bond acceptors (Lipinski definition) is 3. The van der Waals surface area contributed by atoms with Gasteiger partial charge in [0.05, 0.1) is 0 Å². The van der Waals surface area contributed by atoms with Crippen LogP contribution in [-0.2, 0) is 9.59 Å². The monoisotopic (exact) mass is 268 g/mol. The summed E-state index contributed by atoms with van der Waals surface area (Å²) in [5.74, 6) is -0.383. The lowest BCUT2D eigenvalue weighted by Crippen LogP contribution is -2.54. The summed E-state index contributed by atoms with van der Waals surface area (Å²) in [5, 5.41) is 15.3. The molecule has 1 saturated carbocycles. The molecule has 2 rings (SSSR count). The van der Waals surface area contributed by atoms with Gasteiger partial charge in [-0.2, -0.15) is 0 Å². The van der Waals surface area contributed by atoms with Gasteiger partial charge >= 0.3 is 5.97 Å². The SMILES string of the molecule is CC(NC(=O)CCC1CCCNC1)(C(=O)O)C1CC1. The molecule has 2 aliphatic rings. The number of carboxylic acid groups (broad SMARTS) is 1. The van der Waals surface area contributed by atoms with Crippen LogP contribution in [0.15, 0.2) is 0 Å². The summed E-state index contributed by atoms with van der Waals surface area (Å²) in [6, 6.07) is 0. The third-order valence-corrected chi connectivity index (χ3v) is 4.42. The normalized spacial score (nSPS) is 26.5. The number of rotatable bonds is 6. The fraction of sp³-hybridized carbons (Fsp3) is 0.857. The second-order valence-electron chi connectivity index (χ2n) is 6.08. The van der Waals surface area contributed by atoms with Crippen LogP contribution in [0.1, 0.15) is 45.4 Å². The van der Waals surface area contributed by atoms with Crippen LogP contribution in [0.25, 0.3) is 0 Å². The molecule has 2 unspecified atom stereocenters. The maximum Gasteiger partial charge on any atom is 0.329 e. The summed E-state index contributed by atoms with van der Waals surface area (Å²) in [4.78, 5) is 23.3. The number of nitrogens with one attached hydrogen (secondary N) is 2. The molecule has 0 bridgehead atoms. The van der Waals surface area contributed by atoms with Gasteiger partial charge in [0.2, 0.25) is 5.91 Å². The highest BCUT2D eigenvalue weighted by molar-refractivity contribution is 5.87. The van der Waals surface area contributed by atoms with Crippen LogP contribution in [0.4, 0.5) is 0 Å². The van der Waals surface area contributed by atoms with E-state index in [2.05, 4.69) is 10.6 Å². The highest BCUT2D eigenvalue weighted by Crippen LogP contribution is 2.39. The van der Waals surface area contributed by atoms with Crippen LogP contribution in [0.2, 0.25) is 0 Å². The van der Waals surface area contributed by atoms with E-state index < -0.39 is 11.5 Å². The van der Waals surface area contributed by atoms with Crippen LogP contribution in [0, 0.1) is 11.8 Å². The van der Waals surface area contributed by atoms with E-state index in [1.54, 1.807) is 6.92 Å². The van der Waals surface area contributed by atoms with Crippen molar-refractivity contribution < 1.29 is 14.7 Å². The van der Waals surface area contributed by atoms with E-state index in [1.165, 1.54) is 12.8 Å². The Balaban J connectivity index is 1.77. The molecule has 1 amide bonds. The number of carbonyl (C=O) groups is 2. The van der Waals surface area contributed by atoms with Crippen LogP contribution >= 0.6 is 0 Å². The lowest BCUT2D eigenvalue weighted by atomic mass is 9.93. The molecule has 19 heavy (non-hydrogen) atoms. The van der Waals surface area contributed by atoms with Gasteiger partial charge in [-0.15, -0.1) is 0 Å². The van der Waals surface area contributed by atoms with Crippen LogP contribution < -0.4 is 10.6 Å². The van der Waals surface area contributed by atoms with E-state index >= 15 is 0 Å². The molecule has 0 radical (unpaired) electrons. The van der Waals surface area contributed by atoms with Crippen molar-refractivity contribution in [3.05, 3.63) is 0 Å². The van der Waals surface area contributed by atoms with Crippen molar-refractivity contribution in [1.82, 2.24) is 10.6 Å². The van der Waals surface area contributed by atoms with Crippen molar-refractivity contribution in [2.45, 2.75) is 51.0 Å². The number of carbonyl (C=O) groups excluding carboxylic acids is 1.